The molecule has 4 aromatic rings. The number of aryl methyl sites for hydroxylation is 1. The van der Waals surface area contributed by atoms with Gasteiger partial charge in [0.05, 0.1) is 12.0 Å². The van der Waals surface area contributed by atoms with Gasteiger partial charge in [0.1, 0.15) is 11.9 Å². The van der Waals surface area contributed by atoms with Gasteiger partial charge in [-0.2, -0.15) is 0 Å². The van der Waals surface area contributed by atoms with Crippen molar-refractivity contribution in [3.8, 4) is 5.75 Å². The minimum absolute atomic E-state index is 0. The summed E-state index contributed by atoms with van der Waals surface area (Å²) in [5, 5.41) is 3.80. The van der Waals surface area contributed by atoms with E-state index in [4.69, 9.17) is 9.47 Å². The summed E-state index contributed by atoms with van der Waals surface area (Å²) in [7, 11) is -0.557. The van der Waals surface area contributed by atoms with Crippen LogP contribution in [-0.2, 0) is 28.2 Å². The van der Waals surface area contributed by atoms with Crippen LogP contribution in [-0.4, -0.2) is 67.8 Å². The molecule has 210 valence electrons. The van der Waals surface area contributed by atoms with E-state index in [1.54, 1.807) is 30.3 Å². The molecule has 0 atom stereocenters. The Balaban J connectivity index is 0.00000387. The number of carbonyl (C=O) groups is 2. The van der Waals surface area contributed by atoms with E-state index < -0.39 is 22.0 Å². The summed E-state index contributed by atoms with van der Waals surface area (Å²) in [4.78, 5) is 25.2. The zero-order valence-electron chi connectivity index (χ0n) is 22.3. The Morgan fingerprint density at radius 3 is 2.41 bits per heavy atom. The average molecular weight is 586 g/mol. The maximum absolute atomic E-state index is 12.8. The molecule has 1 aliphatic carbocycles. The van der Waals surface area contributed by atoms with E-state index in [9.17, 15) is 18.0 Å². The Hall–Kier alpha value is -3.31. The van der Waals surface area contributed by atoms with Gasteiger partial charge < -0.3 is 14.0 Å². The third-order valence-corrected chi connectivity index (χ3v) is 8.45. The number of sulfonamides is 1. The first-order valence-electron chi connectivity index (χ1n) is 13.1. The molecule has 1 heterocycles. The van der Waals surface area contributed by atoms with Crippen molar-refractivity contribution >= 4 is 68.2 Å². The van der Waals surface area contributed by atoms with Crippen LogP contribution in [0.5, 0.6) is 5.75 Å². The number of benzene rings is 3. The number of nitrogens with one attached hydrogen (secondary N) is 2. The van der Waals surface area contributed by atoms with Crippen LogP contribution in [0.3, 0.4) is 0 Å². The molecule has 1 saturated carbocycles. The summed E-state index contributed by atoms with van der Waals surface area (Å²) in [6.07, 6.45) is 6.00. The SMILES string of the molecule is COc1cc(C(=O)NS(=O)(=O)c2ccccc2)ccc1Cc1cn(C)c2ccc(NC(=O)OC3CCCC3)cc12.[NaH]. The predicted molar refractivity (Wildman–Crippen MR) is 159 cm³/mol. The molecule has 2 N–H and O–H groups in total. The fourth-order valence-electron chi connectivity index (χ4n) is 5.07. The van der Waals surface area contributed by atoms with Crippen LogP contribution in [0.4, 0.5) is 10.5 Å². The van der Waals surface area contributed by atoms with E-state index >= 15 is 0 Å². The van der Waals surface area contributed by atoms with E-state index in [0.717, 1.165) is 47.7 Å². The topological polar surface area (TPSA) is 116 Å². The van der Waals surface area contributed by atoms with Gasteiger partial charge in [-0.1, -0.05) is 24.3 Å². The van der Waals surface area contributed by atoms with Gasteiger partial charge in [-0.15, -0.1) is 0 Å². The molecule has 0 unspecified atom stereocenters. The Morgan fingerprint density at radius 1 is 0.976 bits per heavy atom. The first-order chi connectivity index (χ1) is 19.2. The van der Waals surface area contributed by atoms with Crippen molar-refractivity contribution in [2.24, 2.45) is 7.05 Å². The fraction of sp³-hybridized carbons (Fsp3) is 0.267. The number of carbonyl (C=O) groups excluding carboxylic acids is 2. The second-order valence-corrected chi connectivity index (χ2v) is 11.6. The van der Waals surface area contributed by atoms with Gasteiger partial charge in [-0.05, 0) is 79.3 Å². The number of methoxy groups -OCH3 is 1. The van der Waals surface area contributed by atoms with E-state index in [-0.39, 0.29) is 46.1 Å². The number of aromatic nitrogens is 1. The molecule has 1 aliphatic rings. The number of fused-ring (bicyclic) bond motifs is 1. The molecule has 11 heteroatoms. The monoisotopic (exact) mass is 585 g/mol. The maximum atomic E-state index is 12.8. The molecule has 1 aromatic heterocycles. The summed E-state index contributed by atoms with van der Waals surface area (Å²) < 4.78 is 40.4. The van der Waals surface area contributed by atoms with Gasteiger partial charge in [0.15, 0.2) is 0 Å². The Kier molecular flexibility index (Phi) is 9.80. The number of hydrogen-bond donors (Lipinski definition) is 2. The van der Waals surface area contributed by atoms with Gasteiger partial charge in [0.2, 0.25) is 0 Å². The minimum atomic E-state index is -4.01. The van der Waals surface area contributed by atoms with Crippen LogP contribution in [0.25, 0.3) is 10.9 Å². The van der Waals surface area contributed by atoms with Gasteiger partial charge in [0.25, 0.3) is 15.9 Å². The Morgan fingerprint density at radius 2 is 1.71 bits per heavy atom. The second-order valence-electron chi connectivity index (χ2n) is 9.89. The first-order valence-corrected chi connectivity index (χ1v) is 14.6. The molecule has 1 fully saturated rings. The van der Waals surface area contributed by atoms with E-state index in [0.29, 0.717) is 17.9 Å². The number of hydrogen-bond acceptors (Lipinski definition) is 6. The molecule has 0 spiro atoms. The summed E-state index contributed by atoms with van der Waals surface area (Å²) in [6.45, 7) is 0. The molecule has 3 aromatic carbocycles. The van der Waals surface area contributed by atoms with E-state index in [2.05, 4.69) is 10.0 Å². The van der Waals surface area contributed by atoms with Crippen LogP contribution in [0.2, 0.25) is 0 Å². The zero-order valence-corrected chi connectivity index (χ0v) is 23.2. The van der Waals surface area contributed by atoms with Crippen molar-refractivity contribution in [2.75, 3.05) is 12.4 Å². The van der Waals surface area contributed by atoms with E-state index in [1.165, 1.54) is 25.3 Å². The van der Waals surface area contributed by atoms with Crippen molar-refractivity contribution in [1.29, 1.82) is 0 Å². The predicted octanol–water partition coefficient (Wildman–Crippen LogP) is 4.74. The van der Waals surface area contributed by atoms with Crippen molar-refractivity contribution < 1.29 is 27.5 Å². The summed E-state index contributed by atoms with van der Waals surface area (Å²) in [6, 6.07) is 18.3. The summed E-state index contributed by atoms with van der Waals surface area (Å²) >= 11 is 0. The number of ether oxygens (including phenoxy) is 2. The summed E-state index contributed by atoms with van der Waals surface area (Å²) in [5.74, 6) is -0.296. The molecule has 0 saturated heterocycles. The number of nitrogens with zero attached hydrogens (tertiary/aromatic N) is 1. The Bertz CT molecular complexity index is 1660. The molecule has 0 bridgehead atoms. The number of amides is 2. The molecule has 0 aliphatic heterocycles. The normalized spacial score (nSPS) is 13.4. The van der Waals surface area contributed by atoms with Crippen LogP contribution in [0, 0.1) is 0 Å². The quantitative estimate of drug-likeness (QED) is 0.289. The molecule has 9 nitrogen and oxygen atoms in total. The molecule has 2 amide bonds. The van der Waals surface area contributed by atoms with Crippen molar-refractivity contribution in [1.82, 2.24) is 9.29 Å². The first kappa shape index (κ1) is 30.6. The molecular weight excluding hydrogens is 553 g/mol. The zero-order chi connectivity index (χ0) is 28.3. The fourth-order valence-corrected chi connectivity index (χ4v) is 6.07. The molecular formula is C30H32N3NaO6S. The van der Waals surface area contributed by atoms with Crippen LogP contribution in [0.1, 0.15) is 47.2 Å². The standard InChI is InChI=1S/C30H31N3O6S.Na.H/c1-33-19-22(26-18-23(14-15-27(26)33)31-30(35)39-24-8-6-7-9-24)16-20-12-13-21(17-28(20)38-2)29(34)32-40(36,37)25-10-4-3-5-11-25;;/h3-5,10-15,17-19,24H,6-9,16H2,1-2H3,(H,31,35)(H,32,34);;. The van der Waals surface area contributed by atoms with Gasteiger partial charge in [-0.25, -0.2) is 17.9 Å². The Labute approximate surface area is 261 Å². The number of anilines is 1. The van der Waals surface area contributed by atoms with E-state index in [1.807, 2.05) is 36.0 Å². The van der Waals surface area contributed by atoms with Crippen LogP contribution >= 0.6 is 0 Å². The van der Waals surface area contributed by atoms with Crippen molar-refractivity contribution in [3.05, 3.63) is 89.6 Å². The average Bonchev–Trinajstić information content (AvgIpc) is 3.56. The van der Waals surface area contributed by atoms with Crippen LogP contribution in [0.15, 0.2) is 77.8 Å². The second kappa shape index (κ2) is 13.1. The van der Waals surface area contributed by atoms with Crippen LogP contribution < -0.4 is 14.8 Å². The van der Waals surface area contributed by atoms with Crippen molar-refractivity contribution in [3.63, 3.8) is 0 Å². The van der Waals surface area contributed by atoms with Gasteiger partial charge in [0, 0.05) is 41.8 Å². The van der Waals surface area contributed by atoms with Gasteiger partial charge in [-0.3, -0.25) is 10.1 Å². The third-order valence-electron chi connectivity index (χ3n) is 7.11. The van der Waals surface area contributed by atoms with Gasteiger partial charge >= 0.3 is 35.7 Å². The molecule has 41 heavy (non-hydrogen) atoms. The number of rotatable bonds is 8. The third kappa shape index (κ3) is 7.13. The van der Waals surface area contributed by atoms with Crippen molar-refractivity contribution in [2.45, 2.75) is 43.1 Å². The molecule has 5 rings (SSSR count). The molecule has 0 radical (unpaired) electrons. The summed E-state index contributed by atoms with van der Waals surface area (Å²) in [5.41, 5.74) is 3.60.